The van der Waals surface area contributed by atoms with Crippen molar-refractivity contribution in [2.24, 2.45) is 0 Å². The molecular weight excluding hydrogens is 735 g/mol. The topological polar surface area (TPSA) is 22.8 Å². The number of halogens is 3. The van der Waals surface area contributed by atoms with Crippen LogP contribution in [0.1, 0.15) is 153 Å². The van der Waals surface area contributed by atoms with Crippen molar-refractivity contribution >= 4 is 39.0 Å². The van der Waals surface area contributed by atoms with Gasteiger partial charge in [-0.1, -0.05) is 0 Å². The number of hydrogen-bond acceptors (Lipinski definition) is 1. The normalized spacial score (nSPS) is 12.1. The van der Waals surface area contributed by atoms with Crippen LogP contribution < -0.4 is 4.17 Å². The third-order valence-electron chi connectivity index (χ3n) is 10.1. The summed E-state index contributed by atoms with van der Waals surface area (Å²) in [6.07, 6.45) is 10.2. The third-order valence-corrected chi connectivity index (χ3v) is 13.4. The van der Waals surface area contributed by atoms with Gasteiger partial charge in [0, 0.05) is 0 Å². The first-order chi connectivity index (χ1) is 22.8. The molecule has 0 aliphatic heterocycles. The fraction of sp³-hybridized carbons (Fsp3) is 0.500. The summed E-state index contributed by atoms with van der Waals surface area (Å²) < 4.78 is 6.48. The van der Waals surface area contributed by atoms with E-state index in [-0.39, 0.29) is 17.5 Å². The van der Waals surface area contributed by atoms with Crippen LogP contribution in [0.5, 0.6) is 0 Å². The van der Waals surface area contributed by atoms with Gasteiger partial charge in [-0.3, -0.25) is 0 Å². The van der Waals surface area contributed by atoms with Gasteiger partial charge in [-0.15, -0.1) is 0 Å². The van der Waals surface area contributed by atoms with Gasteiger partial charge < -0.3 is 0 Å². The first-order valence-corrected chi connectivity index (χ1v) is 20.4. The van der Waals surface area contributed by atoms with Crippen LogP contribution in [0.15, 0.2) is 54.7 Å². The molecule has 0 N–H and O–H groups in total. The van der Waals surface area contributed by atoms with E-state index in [0.717, 1.165) is 59.4 Å². The van der Waals surface area contributed by atoms with Gasteiger partial charge in [-0.25, -0.2) is 0 Å². The van der Waals surface area contributed by atoms with E-state index < -0.39 is 0 Å². The van der Waals surface area contributed by atoms with Crippen molar-refractivity contribution in [1.82, 2.24) is 14.1 Å². The Labute approximate surface area is 306 Å². The zero-order valence-corrected chi connectivity index (χ0v) is 33.3. The Morgan fingerprint density at radius 2 is 0.872 bits per heavy atom. The van der Waals surface area contributed by atoms with E-state index in [1.165, 1.54) is 33.6 Å². The first-order valence-electron chi connectivity index (χ1n) is 17.7. The maximum absolute atomic E-state index is 7.60. The van der Waals surface area contributed by atoms with Gasteiger partial charge in [0.25, 0.3) is 0 Å². The Morgan fingerprint density at radius 3 is 1.17 bits per heavy atom. The van der Waals surface area contributed by atoms with Gasteiger partial charge in [-0.2, -0.15) is 0 Å². The number of para-hydroxylation sites is 2. The van der Waals surface area contributed by atoms with Crippen LogP contribution in [0.2, 0.25) is 15.3 Å². The molecule has 0 spiro atoms. The van der Waals surface area contributed by atoms with E-state index in [1.54, 1.807) is 0 Å². The number of aromatic nitrogens is 3. The molecule has 4 rings (SSSR count). The van der Waals surface area contributed by atoms with Crippen LogP contribution in [0.25, 0.3) is 11.4 Å². The zero-order chi connectivity index (χ0) is 34.2. The fourth-order valence-electron chi connectivity index (χ4n) is 7.26. The molecule has 2 aromatic carbocycles. The van der Waals surface area contributed by atoms with E-state index in [2.05, 4.69) is 101 Å². The van der Waals surface area contributed by atoms with E-state index >= 15 is 0 Å². The summed E-state index contributed by atoms with van der Waals surface area (Å²) in [4.78, 5) is 4.82. The second kappa shape index (κ2) is 17.8. The van der Waals surface area contributed by atoms with E-state index in [1.807, 2.05) is 18.3 Å². The number of rotatable bonds is 15. The average Bonchev–Trinajstić information content (AvgIpc) is 3.32. The Balaban J connectivity index is 2.34. The molecule has 0 aliphatic rings. The average molecular weight is 789 g/mol. The van der Waals surface area contributed by atoms with E-state index in [0.29, 0.717) is 39.0 Å². The van der Waals surface area contributed by atoms with Crippen molar-refractivity contribution in [2.75, 3.05) is 0 Å². The summed E-state index contributed by atoms with van der Waals surface area (Å²) in [5.41, 5.74) is 7.69. The molecule has 0 radical (unpaired) electrons. The Bertz CT molecular complexity index is 1530. The van der Waals surface area contributed by atoms with Crippen molar-refractivity contribution in [1.29, 1.82) is 0 Å². The van der Waals surface area contributed by atoms with Crippen molar-refractivity contribution in [3.63, 3.8) is 0 Å². The summed E-state index contributed by atoms with van der Waals surface area (Å²) in [6, 6.07) is 17.6. The van der Waals surface area contributed by atoms with Crippen molar-refractivity contribution < 1.29 is 17.5 Å². The minimum absolute atomic E-state index is 0.165. The minimum atomic E-state index is -0.165. The number of hydrogen-bond donors (Lipinski definition) is 0. The molecule has 0 saturated carbocycles. The molecule has 4 aromatic rings. The molecule has 0 saturated heterocycles. The number of nitrogens with zero attached hydrogens (tertiary/aromatic N) is 3. The van der Waals surface area contributed by atoms with Gasteiger partial charge in [0.2, 0.25) is 0 Å². The van der Waals surface area contributed by atoms with Gasteiger partial charge in [0.15, 0.2) is 0 Å². The Hall–Kier alpha value is -1.67. The van der Waals surface area contributed by atoms with Crippen LogP contribution >= 0.6 is 34.8 Å². The Morgan fingerprint density at radius 1 is 0.532 bits per heavy atom. The second-order valence-corrected chi connectivity index (χ2v) is 15.4. The summed E-state index contributed by atoms with van der Waals surface area (Å²) in [5.74, 6) is 1.55. The zero-order valence-electron chi connectivity index (χ0n) is 29.5. The van der Waals surface area contributed by atoms with Crippen molar-refractivity contribution in [3.8, 4) is 11.4 Å². The van der Waals surface area contributed by atoms with Crippen LogP contribution in [0.3, 0.4) is 0 Å². The Kier molecular flexibility index (Phi) is 14.5. The predicted octanol–water partition coefficient (Wildman–Crippen LogP) is 13.2. The number of benzene rings is 2. The van der Waals surface area contributed by atoms with E-state index in [4.69, 9.17) is 39.8 Å². The van der Waals surface area contributed by atoms with Crippen molar-refractivity contribution in [3.05, 3.63) is 96.2 Å². The van der Waals surface area contributed by atoms with E-state index in [9.17, 15) is 0 Å². The van der Waals surface area contributed by atoms with Gasteiger partial charge >= 0.3 is 309 Å². The number of imidazole rings is 1. The quantitative estimate of drug-likeness (QED) is 0.110. The summed E-state index contributed by atoms with van der Waals surface area (Å²) in [5, 5.41) is 1.76. The fourth-order valence-corrected chi connectivity index (χ4v) is 10.2. The predicted molar refractivity (Wildman–Crippen MR) is 201 cm³/mol. The van der Waals surface area contributed by atoms with Gasteiger partial charge in [0.1, 0.15) is 0 Å². The van der Waals surface area contributed by atoms with Gasteiger partial charge in [-0.05, 0) is 0 Å². The summed E-state index contributed by atoms with van der Waals surface area (Å²) in [7, 11) is 0. The molecule has 7 heteroatoms. The van der Waals surface area contributed by atoms with Crippen LogP contribution in [-0.2, 0) is 17.5 Å². The number of pyridine rings is 1. The molecule has 3 nitrogen and oxygen atoms in total. The summed E-state index contributed by atoms with van der Waals surface area (Å²) >= 11 is 21.9. The molecule has 2 heterocycles. The van der Waals surface area contributed by atoms with Crippen LogP contribution in [0.4, 0.5) is 0 Å². The molecule has 0 atom stereocenters. The molecule has 47 heavy (non-hydrogen) atoms. The molecular formula is C40H53Cl3N3Pd-. The van der Waals surface area contributed by atoms with Crippen LogP contribution in [0, 0.1) is 3.89 Å². The SMILES string of the molecule is CCC(CC)c1cccc(C(CC)CC)c1-n1c(Cl)c(Cl)n(-c2c(C(CC)CC)cccc2C(CC)CC)[c]1=[Pd-][c]1ncccc1Cl. The monoisotopic (exact) mass is 786 g/mol. The first kappa shape index (κ1) is 38.1. The maximum atomic E-state index is 7.60. The molecule has 2 aromatic heterocycles. The standard InChI is InChI=1S/C35H50Cl2N2.C5H3ClN.Pd/c1-9-24(10-2)28-19-17-20-29(25(11-3)12-4)32(28)38-23-39(35(37)34(38)36)33-30(26(13-5)14-6)21-18-22-31(33)27(15-7)16-8;6-5-2-1-3-7-4-5;/h17-22,24-27H,9-16H2,1-8H3;1-3H;/q;;-1. The molecule has 0 fully saturated rings. The summed E-state index contributed by atoms with van der Waals surface area (Å²) in [6.45, 7) is 18.3. The molecule has 0 aliphatic carbocycles. The third kappa shape index (κ3) is 7.74. The molecule has 0 unspecified atom stereocenters. The molecule has 0 bridgehead atoms. The second-order valence-electron chi connectivity index (χ2n) is 12.4. The molecule has 260 valence electrons. The van der Waals surface area contributed by atoms with Crippen molar-refractivity contribution in [2.45, 2.75) is 130 Å². The van der Waals surface area contributed by atoms with Crippen LogP contribution in [-0.4, -0.2) is 14.1 Å². The molecule has 0 amide bonds. The van der Waals surface area contributed by atoms with Gasteiger partial charge in [0.05, 0.1) is 0 Å².